The molecule has 0 amide bonds. The Labute approximate surface area is 129 Å². The number of rotatable bonds is 5. The zero-order chi connectivity index (χ0) is 16.3. The first-order valence-electron chi connectivity index (χ1n) is 6.91. The minimum Gasteiger partial charge on any atom is -0.497 e. The van der Waals surface area contributed by atoms with E-state index in [-0.39, 0.29) is 5.75 Å². The van der Waals surface area contributed by atoms with Gasteiger partial charge in [-0.1, -0.05) is 19.1 Å². The first-order valence-corrected chi connectivity index (χ1v) is 6.91. The summed E-state index contributed by atoms with van der Waals surface area (Å²) in [4.78, 5) is 0. The van der Waals surface area contributed by atoms with Crippen LogP contribution < -0.4 is 15.2 Å². The van der Waals surface area contributed by atoms with Gasteiger partial charge in [-0.15, -0.1) is 0 Å². The largest absolute Gasteiger partial charge is 0.497 e. The molecular formula is C17H19FN2O2. The van der Waals surface area contributed by atoms with Gasteiger partial charge in [0.05, 0.1) is 14.2 Å². The fourth-order valence-corrected chi connectivity index (χ4v) is 2.24. The van der Waals surface area contributed by atoms with Crippen LogP contribution in [0.5, 0.6) is 11.5 Å². The van der Waals surface area contributed by atoms with Crippen molar-refractivity contribution >= 4 is 11.4 Å². The van der Waals surface area contributed by atoms with Crippen molar-refractivity contribution in [1.82, 2.24) is 0 Å². The number of hydrogen-bond acceptors (Lipinski definition) is 4. The molecule has 0 unspecified atom stereocenters. The lowest BCUT2D eigenvalue weighted by Gasteiger charge is -2.13. The Bertz CT molecular complexity index is 714. The summed E-state index contributed by atoms with van der Waals surface area (Å²) in [5, 5.41) is 7.87. The van der Waals surface area contributed by atoms with Crippen molar-refractivity contribution < 1.29 is 13.9 Å². The van der Waals surface area contributed by atoms with Gasteiger partial charge in [-0.2, -0.15) is 0 Å². The predicted octanol–water partition coefficient (Wildman–Crippen LogP) is 3.87. The standard InChI is InChI=1S/C17H19FN2O2/c1-4-14(19)12-6-5-10(7-15(12)20)13-8-11(21-2)9-16(22-3)17(13)18/h5-9,19H,4,20H2,1-3H3. The lowest BCUT2D eigenvalue weighted by Crippen LogP contribution is -2.03. The van der Waals surface area contributed by atoms with Crippen molar-refractivity contribution in [1.29, 1.82) is 5.41 Å². The maximum atomic E-state index is 14.5. The average Bonchev–Trinajstić information content (AvgIpc) is 2.54. The molecule has 0 bridgehead atoms. The molecule has 0 aromatic heterocycles. The van der Waals surface area contributed by atoms with Crippen molar-refractivity contribution in [3.63, 3.8) is 0 Å². The van der Waals surface area contributed by atoms with Gasteiger partial charge in [0, 0.05) is 28.6 Å². The normalized spacial score (nSPS) is 10.4. The number of nitrogens with two attached hydrogens (primary N) is 1. The molecule has 0 fully saturated rings. The molecule has 4 nitrogen and oxygen atoms in total. The molecule has 5 heteroatoms. The lowest BCUT2D eigenvalue weighted by atomic mass is 9.98. The van der Waals surface area contributed by atoms with Crippen LogP contribution in [-0.2, 0) is 0 Å². The summed E-state index contributed by atoms with van der Waals surface area (Å²) in [7, 11) is 2.91. The van der Waals surface area contributed by atoms with E-state index in [1.807, 2.05) is 6.92 Å². The van der Waals surface area contributed by atoms with Gasteiger partial charge in [0.25, 0.3) is 0 Å². The highest BCUT2D eigenvalue weighted by Crippen LogP contribution is 2.35. The third-order valence-electron chi connectivity index (χ3n) is 3.51. The van der Waals surface area contributed by atoms with Crippen LogP contribution in [0.2, 0.25) is 0 Å². The highest BCUT2D eigenvalue weighted by molar-refractivity contribution is 6.03. The number of hydrogen-bond donors (Lipinski definition) is 2. The Balaban J connectivity index is 2.57. The zero-order valence-electron chi connectivity index (χ0n) is 12.9. The maximum absolute atomic E-state index is 14.5. The second-order valence-corrected chi connectivity index (χ2v) is 4.83. The second-order valence-electron chi connectivity index (χ2n) is 4.83. The van der Waals surface area contributed by atoms with Gasteiger partial charge in [-0.05, 0) is 24.1 Å². The monoisotopic (exact) mass is 302 g/mol. The van der Waals surface area contributed by atoms with E-state index in [0.29, 0.717) is 40.3 Å². The van der Waals surface area contributed by atoms with Crippen LogP contribution in [0.4, 0.5) is 10.1 Å². The van der Waals surface area contributed by atoms with Gasteiger partial charge in [0.1, 0.15) is 5.75 Å². The van der Waals surface area contributed by atoms with Crippen LogP contribution in [-0.4, -0.2) is 19.9 Å². The minimum absolute atomic E-state index is 0.110. The number of halogens is 1. The summed E-state index contributed by atoms with van der Waals surface area (Å²) < 4.78 is 24.7. The van der Waals surface area contributed by atoms with Crippen molar-refractivity contribution in [2.24, 2.45) is 0 Å². The first kappa shape index (κ1) is 15.8. The molecule has 2 aromatic rings. The molecule has 0 saturated heterocycles. The Hall–Kier alpha value is -2.56. The van der Waals surface area contributed by atoms with Crippen LogP contribution in [0.3, 0.4) is 0 Å². The van der Waals surface area contributed by atoms with Crippen molar-refractivity contribution in [3.8, 4) is 22.6 Å². The SMILES string of the molecule is CCC(=N)c1ccc(-c2cc(OC)cc(OC)c2F)cc1N. The molecule has 2 rings (SSSR count). The summed E-state index contributed by atoms with van der Waals surface area (Å²) in [6.45, 7) is 1.89. The fraction of sp³-hybridized carbons (Fsp3) is 0.235. The summed E-state index contributed by atoms with van der Waals surface area (Å²) in [5.74, 6) is 0.136. The van der Waals surface area contributed by atoms with E-state index in [1.54, 1.807) is 24.3 Å². The second kappa shape index (κ2) is 6.47. The van der Waals surface area contributed by atoms with E-state index in [1.165, 1.54) is 20.3 Å². The molecule has 0 aliphatic rings. The van der Waals surface area contributed by atoms with E-state index in [0.717, 1.165) is 0 Å². The number of nitrogen functional groups attached to an aromatic ring is 1. The highest BCUT2D eigenvalue weighted by atomic mass is 19.1. The molecular weight excluding hydrogens is 283 g/mol. The third-order valence-corrected chi connectivity index (χ3v) is 3.51. The number of nitrogens with one attached hydrogen (secondary N) is 1. The molecule has 3 N–H and O–H groups in total. The zero-order valence-corrected chi connectivity index (χ0v) is 12.9. The van der Waals surface area contributed by atoms with Crippen LogP contribution >= 0.6 is 0 Å². The van der Waals surface area contributed by atoms with Gasteiger partial charge < -0.3 is 20.6 Å². The van der Waals surface area contributed by atoms with Crippen LogP contribution in [0.15, 0.2) is 30.3 Å². The van der Waals surface area contributed by atoms with Crippen LogP contribution in [0, 0.1) is 11.2 Å². The maximum Gasteiger partial charge on any atom is 0.173 e. The lowest BCUT2D eigenvalue weighted by molar-refractivity contribution is 0.375. The van der Waals surface area contributed by atoms with Crippen molar-refractivity contribution in [2.45, 2.75) is 13.3 Å². The van der Waals surface area contributed by atoms with E-state index in [2.05, 4.69) is 0 Å². The Kier molecular flexibility index (Phi) is 4.65. The molecule has 0 radical (unpaired) electrons. The van der Waals surface area contributed by atoms with E-state index in [4.69, 9.17) is 20.6 Å². The Morgan fingerprint density at radius 2 is 1.91 bits per heavy atom. The summed E-state index contributed by atoms with van der Waals surface area (Å²) in [6, 6.07) is 8.23. The van der Waals surface area contributed by atoms with Gasteiger partial charge in [-0.25, -0.2) is 4.39 Å². The number of methoxy groups -OCH3 is 2. The molecule has 116 valence electrons. The number of anilines is 1. The summed E-state index contributed by atoms with van der Waals surface area (Å²) in [6.07, 6.45) is 0.588. The van der Waals surface area contributed by atoms with Gasteiger partial charge in [0.15, 0.2) is 11.6 Å². The number of benzene rings is 2. The predicted molar refractivity (Wildman–Crippen MR) is 86.5 cm³/mol. The summed E-state index contributed by atoms with van der Waals surface area (Å²) >= 11 is 0. The van der Waals surface area contributed by atoms with E-state index < -0.39 is 5.82 Å². The van der Waals surface area contributed by atoms with Gasteiger partial charge in [0.2, 0.25) is 0 Å². The smallest absolute Gasteiger partial charge is 0.173 e. The minimum atomic E-state index is -0.471. The first-order chi connectivity index (χ1) is 10.5. The molecule has 0 spiro atoms. The quantitative estimate of drug-likeness (QED) is 0.650. The van der Waals surface area contributed by atoms with Gasteiger partial charge in [-0.3, -0.25) is 0 Å². The van der Waals surface area contributed by atoms with Crippen molar-refractivity contribution in [3.05, 3.63) is 41.7 Å². The molecule has 0 heterocycles. The van der Waals surface area contributed by atoms with Crippen LogP contribution in [0.1, 0.15) is 18.9 Å². The molecule has 0 atom stereocenters. The summed E-state index contributed by atoms with van der Waals surface area (Å²) in [5.41, 5.74) is 8.53. The Morgan fingerprint density at radius 3 is 2.45 bits per heavy atom. The fourth-order valence-electron chi connectivity index (χ4n) is 2.24. The number of ether oxygens (including phenoxy) is 2. The third kappa shape index (κ3) is 2.88. The average molecular weight is 302 g/mol. The Morgan fingerprint density at radius 1 is 1.18 bits per heavy atom. The van der Waals surface area contributed by atoms with Gasteiger partial charge >= 0.3 is 0 Å². The highest BCUT2D eigenvalue weighted by Gasteiger charge is 2.15. The molecule has 0 aliphatic carbocycles. The molecule has 22 heavy (non-hydrogen) atoms. The van der Waals surface area contributed by atoms with E-state index >= 15 is 0 Å². The molecule has 0 saturated carbocycles. The topological polar surface area (TPSA) is 68.3 Å². The molecule has 2 aromatic carbocycles. The molecule has 0 aliphatic heterocycles. The van der Waals surface area contributed by atoms with Crippen LogP contribution in [0.25, 0.3) is 11.1 Å². The van der Waals surface area contributed by atoms with E-state index in [9.17, 15) is 4.39 Å². The van der Waals surface area contributed by atoms with Crippen molar-refractivity contribution in [2.75, 3.05) is 20.0 Å².